The van der Waals surface area contributed by atoms with Crippen molar-refractivity contribution in [1.82, 2.24) is 5.32 Å². The fraction of sp³-hybridized carbons (Fsp3) is 0.600. The minimum absolute atomic E-state index is 0.0106. The Morgan fingerprint density at radius 2 is 1.75 bits per heavy atom. The third-order valence-corrected chi connectivity index (χ3v) is 5.32. The molecule has 0 saturated carbocycles. The first-order valence-corrected chi connectivity index (χ1v) is 11.0. The molecule has 158 valence electrons. The van der Waals surface area contributed by atoms with E-state index in [-0.39, 0.29) is 11.3 Å². The molecule has 1 aliphatic rings. The number of aryl methyl sites for hydroxylation is 1. The van der Waals surface area contributed by atoms with E-state index in [1.54, 1.807) is 12.1 Å². The van der Waals surface area contributed by atoms with Gasteiger partial charge in [0.15, 0.2) is 0 Å². The molecular formula is C20H34N3O4S+. The summed E-state index contributed by atoms with van der Waals surface area (Å²) in [4.78, 5) is 15.7. The van der Waals surface area contributed by atoms with Gasteiger partial charge in [-0.15, -0.1) is 0 Å². The summed E-state index contributed by atoms with van der Waals surface area (Å²) in [5.41, 5.74) is 0.947. The van der Waals surface area contributed by atoms with Crippen molar-refractivity contribution in [2.45, 2.75) is 44.4 Å². The van der Waals surface area contributed by atoms with Gasteiger partial charge in [0, 0.05) is 13.0 Å². The third-order valence-electron chi connectivity index (χ3n) is 4.06. The number of nitrogens with zero attached hydrogens (tertiary/aromatic N) is 2. The predicted molar refractivity (Wildman–Crippen MR) is 112 cm³/mol. The van der Waals surface area contributed by atoms with Crippen LogP contribution in [0.2, 0.25) is 0 Å². The molecule has 0 atom stereocenters. The van der Waals surface area contributed by atoms with Crippen LogP contribution in [0.25, 0.3) is 0 Å². The second-order valence-electron chi connectivity index (χ2n) is 7.94. The van der Waals surface area contributed by atoms with E-state index in [9.17, 15) is 13.2 Å². The molecule has 0 saturated heterocycles. The molecule has 1 aromatic carbocycles. The van der Waals surface area contributed by atoms with Crippen LogP contribution in [0.5, 0.6) is 0 Å². The molecule has 0 amide bonds. The van der Waals surface area contributed by atoms with Crippen molar-refractivity contribution >= 4 is 21.9 Å². The van der Waals surface area contributed by atoms with Gasteiger partial charge < -0.3 is 14.0 Å². The van der Waals surface area contributed by atoms with Gasteiger partial charge in [0.1, 0.15) is 4.90 Å². The lowest BCUT2D eigenvalue weighted by atomic mass is 10.2. The monoisotopic (exact) mass is 412 g/mol. The number of benzene rings is 1. The Balaban J connectivity index is 0.000000552. The van der Waals surface area contributed by atoms with Crippen molar-refractivity contribution in [3.63, 3.8) is 0 Å². The van der Waals surface area contributed by atoms with Gasteiger partial charge in [0.05, 0.1) is 40.1 Å². The van der Waals surface area contributed by atoms with Gasteiger partial charge in [-0.3, -0.25) is 9.79 Å². The van der Waals surface area contributed by atoms with Crippen molar-refractivity contribution in [3.05, 3.63) is 29.8 Å². The van der Waals surface area contributed by atoms with Gasteiger partial charge in [-0.2, -0.15) is 8.42 Å². The molecule has 2 rings (SSSR count). The molecule has 1 aromatic rings. The van der Waals surface area contributed by atoms with Crippen LogP contribution in [0.1, 0.15) is 38.2 Å². The Labute approximate surface area is 169 Å². The maximum Gasteiger partial charge on any atom is 0.341 e. The maximum absolute atomic E-state index is 11.9. The highest BCUT2D eigenvalue weighted by atomic mass is 32.2. The summed E-state index contributed by atoms with van der Waals surface area (Å²) in [7, 11) is 2.35. The summed E-state index contributed by atoms with van der Waals surface area (Å²) < 4.78 is 29.4. The molecule has 1 heterocycles. The van der Waals surface area contributed by atoms with E-state index in [1.807, 2.05) is 13.8 Å². The molecule has 7 nitrogen and oxygen atoms in total. The number of nitrogens with one attached hydrogen (secondary N) is 1. The first-order valence-electron chi connectivity index (χ1n) is 9.59. The number of aliphatic imine (C=N–C) groups is 1. The average molecular weight is 413 g/mol. The number of carbonyl (C=O) groups excluding carboxylic acids is 1. The summed E-state index contributed by atoms with van der Waals surface area (Å²) in [5.74, 6) is 0.390. The van der Waals surface area contributed by atoms with Crippen LogP contribution in [0.3, 0.4) is 0 Å². The number of rotatable bonds is 8. The van der Waals surface area contributed by atoms with E-state index in [0.717, 1.165) is 48.4 Å². The Morgan fingerprint density at radius 1 is 1.11 bits per heavy atom. The zero-order chi connectivity index (χ0) is 21.2. The zero-order valence-electron chi connectivity index (χ0n) is 17.7. The predicted octanol–water partition coefficient (Wildman–Crippen LogP) is 2.50. The number of unbranched alkanes of at least 4 members (excludes halogenated alkanes) is 2. The molecule has 0 aliphatic carbocycles. The van der Waals surface area contributed by atoms with Crippen molar-refractivity contribution in [2.24, 2.45) is 4.99 Å². The summed E-state index contributed by atoms with van der Waals surface area (Å²) in [6, 6.07) is 6.23. The minimum Gasteiger partial charge on any atom is -0.372 e. The lowest BCUT2D eigenvalue weighted by molar-refractivity contribution is -0.870. The number of hydrogen-bond donors (Lipinski definition) is 1. The molecule has 0 radical (unpaired) electrons. The maximum atomic E-state index is 11.9. The highest BCUT2D eigenvalue weighted by Gasteiger charge is 2.19. The van der Waals surface area contributed by atoms with E-state index in [1.165, 1.54) is 12.1 Å². The number of hydrogen-bond acceptors (Lipinski definition) is 6. The van der Waals surface area contributed by atoms with Crippen LogP contribution in [-0.4, -0.2) is 65.5 Å². The van der Waals surface area contributed by atoms with Crippen LogP contribution in [0.15, 0.2) is 34.2 Å². The minimum atomic E-state index is -3.99. The Bertz CT molecular complexity index is 751. The van der Waals surface area contributed by atoms with E-state index in [4.69, 9.17) is 0 Å². The Kier molecular flexibility index (Phi) is 9.61. The van der Waals surface area contributed by atoms with Crippen LogP contribution >= 0.6 is 0 Å². The quantitative estimate of drug-likeness (QED) is 0.403. The zero-order valence-corrected chi connectivity index (χ0v) is 18.5. The van der Waals surface area contributed by atoms with E-state index in [0.29, 0.717) is 6.42 Å². The van der Waals surface area contributed by atoms with Gasteiger partial charge in [0.2, 0.25) is 0 Å². The van der Waals surface area contributed by atoms with Crippen LogP contribution in [0.4, 0.5) is 0 Å². The van der Waals surface area contributed by atoms with Crippen molar-refractivity contribution in [1.29, 1.82) is 0 Å². The van der Waals surface area contributed by atoms with Gasteiger partial charge >= 0.3 is 16.1 Å². The van der Waals surface area contributed by atoms with Crippen LogP contribution in [-0.2, 0) is 19.1 Å². The highest BCUT2D eigenvalue weighted by molar-refractivity contribution is 7.87. The first-order chi connectivity index (χ1) is 13.0. The Hall–Kier alpha value is -1.93. The van der Waals surface area contributed by atoms with Gasteiger partial charge in [0.25, 0.3) is 0 Å². The summed E-state index contributed by atoms with van der Waals surface area (Å²) >= 11 is 0. The van der Waals surface area contributed by atoms with Gasteiger partial charge in [-0.1, -0.05) is 17.7 Å². The van der Waals surface area contributed by atoms with E-state index in [2.05, 4.69) is 35.6 Å². The Morgan fingerprint density at radius 3 is 2.21 bits per heavy atom. The van der Waals surface area contributed by atoms with Crippen molar-refractivity contribution < 1.29 is 21.9 Å². The summed E-state index contributed by atoms with van der Waals surface area (Å²) in [5, 5.41) is 3.07. The second kappa shape index (κ2) is 11.2. The molecule has 28 heavy (non-hydrogen) atoms. The summed E-state index contributed by atoms with van der Waals surface area (Å²) in [6.07, 6.45) is 2.65. The third kappa shape index (κ3) is 10.4. The number of quaternary nitrogens is 1. The standard InChI is InChI=1S/C16H26NO4S.C4H8N2/c1-14-9-11-15(12-10-14)22(19,20)21-16(18)8-6-5-7-13-17(2,3)4;1-4-5-2-3-6-4/h9-12H,5-8,13H2,1-4H3;2-3H2,1H3,(H,5,6)/q+1;. The van der Waals surface area contributed by atoms with Crippen molar-refractivity contribution in [2.75, 3.05) is 40.8 Å². The molecule has 0 bridgehead atoms. The SMILES string of the molecule is CC1=NCCN1.Cc1ccc(S(=O)(=O)OC(=O)CCCCC[N+](C)(C)C)cc1. The lowest BCUT2D eigenvalue weighted by Gasteiger charge is -2.23. The molecule has 8 heteroatoms. The second-order valence-corrected chi connectivity index (χ2v) is 9.49. The average Bonchev–Trinajstić information content (AvgIpc) is 3.05. The molecule has 0 aromatic heterocycles. The molecule has 1 aliphatic heterocycles. The topological polar surface area (TPSA) is 84.8 Å². The van der Waals surface area contributed by atoms with Crippen molar-refractivity contribution in [3.8, 4) is 0 Å². The fourth-order valence-corrected chi connectivity index (χ4v) is 3.36. The molecule has 0 unspecified atom stereocenters. The van der Waals surface area contributed by atoms with Crippen LogP contribution < -0.4 is 5.32 Å². The number of amidine groups is 1. The highest BCUT2D eigenvalue weighted by Crippen LogP contribution is 2.15. The van der Waals surface area contributed by atoms with Gasteiger partial charge in [-0.25, -0.2) is 0 Å². The van der Waals surface area contributed by atoms with E-state index >= 15 is 0 Å². The first kappa shape index (κ1) is 24.1. The largest absolute Gasteiger partial charge is 0.372 e. The van der Waals surface area contributed by atoms with E-state index < -0.39 is 16.1 Å². The smallest absolute Gasteiger partial charge is 0.341 e. The summed E-state index contributed by atoms with van der Waals surface area (Å²) in [6.45, 7) is 6.86. The molecular weight excluding hydrogens is 378 g/mol. The number of carbonyl (C=O) groups is 1. The molecule has 1 N–H and O–H groups in total. The van der Waals surface area contributed by atoms with Crippen LogP contribution in [0, 0.1) is 6.92 Å². The molecule has 0 fully saturated rings. The normalized spacial score (nSPS) is 13.8. The molecule has 0 spiro atoms. The fourth-order valence-electron chi connectivity index (χ4n) is 2.47. The lowest BCUT2D eigenvalue weighted by Crippen LogP contribution is -2.35. The van der Waals surface area contributed by atoms with Gasteiger partial charge in [-0.05, 0) is 45.2 Å².